The molecule has 0 radical (unpaired) electrons. The molecule has 0 aliphatic carbocycles. The second-order valence-corrected chi connectivity index (χ2v) is 9.38. The molecular weight excluding hydrogens is 510 g/mol. The van der Waals surface area contributed by atoms with E-state index in [4.69, 9.17) is 26.2 Å². The lowest BCUT2D eigenvalue weighted by Crippen LogP contribution is -2.34. The Bertz CT molecular complexity index is 1030. The van der Waals surface area contributed by atoms with E-state index in [1.807, 2.05) is 70.2 Å². The fourth-order valence-corrected chi connectivity index (χ4v) is 3.86. The van der Waals surface area contributed by atoms with Crippen LogP contribution in [0.15, 0.2) is 78.4 Å². The van der Waals surface area contributed by atoms with E-state index in [1.165, 1.54) is 5.56 Å². The number of halogens is 1. The van der Waals surface area contributed by atoms with Crippen LogP contribution in [0.1, 0.15) is 69.3 Å². The predicted molar refractivity (Wildman–Crippen MR) is 165 cm³/mol. The molecule has 0 bridgehead atoms. The summed E-state index contributed by atoms with van der Waals surface area (Å²) in [6.07, 6.45) is 13.1. The van der Waals surface area contributed by atoms with Gasteiger partial charge in [-0.3, -0.25) is 0 Å². The average molecular weight is 556 g/mol. The van der Waals surface area contributed by atoms with Gasteiger partial charge in [-0.25, -0.2) is 4.79 Å². The van der Waals surface area contributed by atoms with Gasteiger partial charge < -0.3 is 19.9 Å². The van der Waals surface area contributed by atoms with Gasteiger partial charge in [-0.1, -0.05) is 61.9 Å². The minimum atomic E-state index is -0.905. The first-order chi connectivity index (χ1) is 18.9. The molecule has 2 aromatic rings. The number of carboxylic acid groups (broad SMARTS) is 1. The van der Waals surface area contributed by atoms with Crippen LogP contribution in [0.4, 0.5) is 0 Å². The molecule has 1 heterocycles. The van der Waals surface area contributed by atoms with Gasteiger partial charge in [0.15, 0.2) is 0 Å². The highest BCUT2D eigenvalue weighted by Crippen LogP contribution is 2.32. The molecule has 3 rings (SSSR count). The molecule has 0 saturated heterocycles. The van der Waals surface area contributed by atoms with Crippen molar-refractivity contribution in [3.63, 3.8) is 0 Å². The molecule has 0 aromatic heterocycles. The fraction of sp³-hybridized carbons (Fsp3) is 0.424. The molecule has 1 aliphatic heterocycles. The molecule has 214 valence electrons. The number of rotatable bonds is 13. The molecule has 0 fully saturated rings. The number of nitrogens with one attached hydrogen (secondary N) is 1. The highest BCUT2D eigenvalue weighted by atomic mass is 35.5. The van der Waals surface area contributed by atoms with Gasteiger partial charge in [0, 0.05) is 24.8 Å². The normalized spacial score (nSPS) is 14.3. The van der Waals surface area contributed by atoms with Crippen molar-refractivity contribution in [2.75, 3.05) is 26.3 Å². The van der Waals surface area contributed by atoms with E-state index < -0.39 is 5.97 Å². The van der Waals surface area contributed by atoms with Crippen LogP contribution >= 0.6 is 11.6 Å². The van der Waals surface area contributed by atoms with Gasteiger partial charge in [0.2, 0.25) is 0 Å². The van der Waals surface area contributed by atoms with Gasteiger partial charge in [-0.15, -0.1) is 6.58 Å². The van der Waals surface area contributed by atoms with Gasteiger partial charge in [-0.05, 0) is 99.5 Å². The summed E-state index contributed by atoms with van der Waals surface area (Å²) < 4.78 is 11.5. The number of carboxylic acids is 1. The summed E-state index contributed by atoms with van der Waals surface area (Å²) in [6.45, 7) is 14.9. The van der Waals surface area contributed by atoms with Crippen LogP contribution in [0.25, 0.3) is 11.1 Å². The topological polar surface area (TPSA) is 67.8 Å². The fourth-order valence-electron chi connectivity index (χ4n) is 3.79. The first-order valence-electron chi connectivity index (χ1n) is 14.0. The van der Waals surface area contributed by atoms with Gasteiger partial charge >= 0.3 is 5.97 Å². The lowest BCUT2D eigenvalue weighted by Gasteiger charge is -2.27. The number of hydrogen-bond acceptors (Lipinski definition) is 4. The predicted octanol–water partition coefficient (Wildman–Crippen LogP) is 8.44. The molecule has 0 amide bonds. The van der Waals surface area contributed by atoms with E-state index in [0.29, 0.717) is 5.56 Å². The smallest absolute Gasteiger partial charge is 0.335 e. The summed E-state index contributed by atoms with van der Waals surface area (Å²) in [5, 5.41) is 13.3. The Morgan fingerprint density at radius 2 is 1.90 bits per heavy atom. The molecule has 1 unspecified atom stereocenters. The van der Waals surface area contributed by atoms with Crippen molar-refractivity contribution in [1.29, 1.82) is 0 Å². The van der Waals surface area contributed by atoms with Crippen LogP contribution in [-0.4, -0.2) is 43.5 Å². The maximum absolute atomic E-state index is 11.0. The van der Waals surface area contributed by atoms with E-state index in [9.17, 15) is 4.79 Å². The summed E-state index contributed by atoms with van der Waals surface area (Å²) >= 11 is 5.58. The third kappa shape index (κ3) is 14.2. The first-order valence-corrected chi connectivity index (χ1v) is 14.3. The molecule has 6 heteroatoms. The summed E-state index contributed by atoms with van der Waals surface area (Å²) in [5.74, 6) is 0.0474. The summed E-state index contributed by atoms with van der Waals surface area (Å²) in [7, 11) is 0. The third-order valence-electron chi connectivity index (χ3n) is 5.77. The quantitative estimate of drug-likeness (QED) is 0.147. The molecule has 5 nitrogen and oxygen atoms in total. The second-order valence-electron chi connectivity index (χ2n) is 8.79. The lowest BCUT2D eigenvalue weighted by molar-refractivity contribution is 0.0697. The lowest BCUT2D eigenvalue weighted by atomic mass is 9.96. The SMILES string of the molecule is C=CCC/C=C\C=C(/C)Cl.CC.CCOCCCNCC1CCc2cc(-c3ccc(C(=O)O)cc3)ccc2O1. The number of aromatic carboxylic acids is 1. The Balaban J connectivity index is 0.000000537. The van der Waals surface area contributed by atoms with E-state index in [-0.39, 0.29) is 6.10 Å². The number of hydrogen-bond donors (Lipinski definition) is 2. The van der Waals surface area contributed by atoms with Crippen molar-refractivity contribution in [2.24, 2.45) is 0 Å². The van der Waals surface area contributed by atoms with Gasteiger partial charge in [0.25, 0.3) is 0 Å². The number of benzene rings is 2. The summed E-state index contributed by atoms with van der Waals surface area (Å²) in [6, 6.07) is 13.2. The highest BCUT2D eigenvalue weighted by Gasteiger charge is 2.20. The minimum absolute atomic E-state index is 0.199. The minimum Gasteiger partial charge on any atom is -0.489 e. The molecule has 1 atom stereocenters. The summed E-state index contributed by atoms with van der Waals surface area (Å²) in [5.41, 5.74) is 3.61. The van der Waals surface area contributed by atoms with Crippen LogP contribution in [0.3, 0.4) is 0 Å². The van der Waals surface area contributed by atoms with Crippen LogP contribution in [0, 0.1) is 0 Å². The Kier molecular flexibility index (Phi) is 18.4. The van der Waals surface area contributed by atoms with Crippen LogP contribution in [0.2, 0.25) is 0 Å². The van der Waals surface area contributed by atoms with Gasteiger partial charge in [0.1, 0.15) is 11.9 Å². The maximum Gasteiger partial charge on any atom is 0.335 e. The Morgan fingerprint density at radius 3 is 2.54 bits per heavy atom. The first kappa shape index (κ1) is 34.2. The standard InChI is InChI=1S/C22H27NO4.C9H13Cl.C2H6/c1-2-26-13-3-12-23-15-20-10-8-19-14-18(9-11-21(19)27-20)16-4-6-17(7-5-16)22(24)25;1-3-4-5-6-7-8-9(2)10;1-2/h4-7,9,11,14,20,23H,2-3,8,10,12-13,15H2,1H3,(H,24,25);3,6-8H,1,4-5H2,2H3;1-2H3/b;7-6-,9-8+;. The molecule has 39 heavy (non-hydrogen) atoms. The monoisotopic (exact) mass is 555 g/mol. The molecule has 0 saturated carbocycles. The Labute approximate surface area is 240 Å². The molecule has 2 N–H and O–H groups in total. The second kappa shape index (κ2) is 21.0. The van der Waals surface area contributed by atoms with Crippen LogP contribution in [0.5, 0.6) is 5.75 Å². The van der Waals surface area contributed by atoms with Crippen molar-refractivity contribution >= 4 is 17.6 Å². The van der Waals surface area contributed by atoms with Crippen molar-refractivity contribution < 1.29 is 19.4 Å². The number of allylic oxidation sites excluding steroid dienone is 5. The highest BCUT2D eigenvalue weighted by molar-refractivity contribution is 6.29. The van der Waals surface area contributed by atoms with E-state index in [0.717, 1.165) is 80.3 Å². The number of carbonyl (C=O) groups is 1. The molecule has 0 spiro atoms. The van der Waals surface area contributed by atoms with E-state index >= 15 is 0 Å². The Hall–Kier alpha value is -2.86. The van der Waals surface area contributed by atoms with Crippen molar-refractivity contribution in [1.82, 2.24) is 5.32 Å². The molecular formula is C33H46ClNO4. The molecule has 1 aliphatic rings. The van der Waals surface area contributed by atoms with Crippen molar-refractivity contribution in [3.8, 4) is 16.9 Å². The number of unbranched alkanes of at least 4 members (excludes halogenated alkanes) is 1. The van der Waals surface area contributed by atoms with E-state index in [1.54, 1.807) is 12.1 Å². The van der Waals surface area contributed by atoms with Gasteiger partial charge in [0.05, 0.1) is 5.56 Å². The zero-order chi connectivity index (χ0) is 28.9. The van der Waals surface area contributed by atoms with E-state index in [2.05, 4.69) is 24.0 Å². The van der Waals surface area contributed by atoms with Crippen LogP contribution in [-0.2, 0) is 11.2 Å². The summed E-state index contributed by atoms with van der Waals surface area (Å²) in [4.78, 5) is 11.0. The number of aryl methyl sites for hydroxylation is 1. The number of fused-ring (bicyclic) bond motifs is 1. The van der Waals surface area contributed by atoms with Crippen LogP contribution < -0.4 is 10.1 Å². The Morgan fingerprint density at radius 1 is 1.18 bits per heavy atom. The van der Waals surface area contributed by atoms with Crippen molar-refractivity contribution in [3.05, 3.63) is 89.5 Å². The van der Waals surface area contributed by atoms with Crippen molar-refractivity contribution in [2.45, 2.75) is 65.9 Å². The zero-order valence-corrected chi connectivity index (χ0v) is 24.8. The number of ether oxygens (including phenoxy) is 2. The average Bonchev–Trinajstić information content (AvgIpc) is 2.96. The molecule has 2 aromatic carbocycles. The maximum atomic E-state index is 11.0. The third-order valence-corrected chi connectivity index (χ3v) is 5.90. The van der Waals surface area contributed by atoms with Gasteiger partial charge in [-0.2, -0.15) is 0 Å². The largest absolute Gasteiger partial charge is 0.489 e. The zero-order valence-electron chi connectivity index (χ0n) is 24.0.